The molecule has 0 bridgehead atoms. The van der Waals surface area contributed by atoms with Crippen LogP contribution in [-0.2, 0) is 0 Å². The normalized spacial score (nSPS) is 10.2. The fourth-order valence-corrected chi connectivity index (χ4v) is 1.59. The molecule has 0 spiro atoms. The van der Waals surface area contributed by atoms with Crippen molar-refractivity contribution < 1.29 is 4.79 Å². The Balaban J connectivity index is 2.76. The van der Waals surface area contributed by atoms with Gasteiger partial charge in [0.2, 0.25) is 0 Å². The Morgan fingerprint density at radius 1 is 1.45 bits per heavy atom. The molecule has 2 rings (SSSR count). The Bertz CT molecular complexity index is 394. The number of nitrogens with zero attached hydrogens (tertiary/aromatic N) is 1. The second-order valence-corrected chi connectivity index (χ2v) is 3.07. The molecule has 54 valence electrons. The Morgan fingerprint density at radius 2 is 2.36 bits per heavy atom. The molecule has 0 amide bonds. The number of aldehydes is 1. The van der Waals surface area contributed by atoms with Gasteiger partial charge in [-0.1, -0.05) is 6.07 Å². The number of benzene rings is 1. The van der Waals surface area contributed by atoms with Gasteiger partial charge >= 0.3 is 0 Å². The second kappa shape index (κ2) is 2.43. The van der Waals surface area contributed by atoms with Crippen LogP contribution in [0.15, 0.2) is 24.4 Å². The monoisotopic (exact) mass is 163 g/mol. The summed E-state index contributed by atoms with van der Waals surface area (Å²) in [6.07, 6.45) is 2.62. The molecule has 2 nitrogen and oxygen atoms in total. The quantitative estimate of drug-likeness (QED) is 0.602. The molecule has 0 saturated carbocycles. The van der Waals surface area contributed by atoms with Gasteiger partial charge in [0.1, 0.15) is 6.29 Å². The van der Waals surface area contributed by atoms with E-state index in [4.69, 9.17) is 0 Å². The van der Waals surface area contributed by atoms with Crippen LogP contribution in [0.2, 0.25) is 0 Å². The third-order valence-corrected chi connectivity index (χ3v) is 2.29. The highest BCUT2D eigenvalue weighted by Gasteiger charge is 1.95. The number of hydrogen-bond donors (Lipinski definition) is 0. The van der Waals surface area contributed by atoms with E-state index in [-0.39, 0.29) is 0 Å². The van der Waals surface area contributed by atoms with Crippen molar-refractivity contribution in [2.45, 2.75) is 0 Å². The van der Waals surface area contributed by atoms with Crippen LogP contribution in [0.5, 0.6) is 0 Å². The van der Waals surface area contributed by atoms with Crippen molar-refractivity contribution in [1.29, 1.82) is 0 Å². The molecule has 0 aliphatic carbocycles. The van der Waals surface area contributed by atoms with Crippen LogP contribution in [0.1, 0.15) is 10.4 Å². The Hall–Kier alpha value is -1.22. The number of fused-ring (bicyclic) bond motifs is 1. The first kappa shape index (κ1) is 6.49. The maximum absolute atomic E-state index is 10.4. The van der Waals surface area contributed by atoms with E-state index in [0.717, 1.165) is 16.4 Å². The molecule has 0 N–H and O–H groups in total. The van der Waals surface area contributed by atoms with Crippen molar-refractivity contribution in [3.63, 3.8) is 0 Å². The van der Waals surface area contributed by atoms with Gasteiger partial charge in [0.15, 0.2) is 0 Å². The molecule has 1 aromatic carbocycles. The van der Waals surface area contributed by atoms with Gasteiger partial charge in [-0.15, -0.1) is 0 Å². The van der Waals surface area contributed by atoms with E-state index in [1.165, 1.54) is 11.5 Å². The van der Waals surface area contributed by atoms with Crippen molar-refractivity contribution in [1.82, 2.24) is 4.37 Å². The van der Waals surface area contributed by atoms with Crippen molar-refractivity contribution in [3.8, 4) is 0 Å². The molecule has 1 heterocycles. The molecule has 0 unspecified atom stereocenters. The Labute approximate surface area is 67.6 Å². The van der Waals surface area contributed by atoms with Crippen molar-refractivity contribution >= 4 is 27.9 Å². The second-order valence-electron chi connectivity index (χ2n) is 2.24. The fraction of sp³-hybridized carbons (Fsp3) is 0. The van der Waals surface area contributed by atoms with Gasteiger partial charge in [-0.05, 0) is 23.7 Å². The first-order chi connectivity index (χ1) is 5.40. The predicted molar refractivity (Wildman–Crippen MR) is 45.0 cm³/mol. The van der Waals surface area contributed by atoms with Gasteiger partial charge in [-0.3, -0.25) is 4.79 Å². The topological polar surface area (TPSA) is 30.0 Å². The lowest BCUT2D eigenvalue weighted by molar-refractivity contribution is 0.112. The average Bonchev–Trinajstić information content (AvgIpc) is 2.50. The van der Waals surface area contributed by atoms with Gasteiger partial charge in [-0.25, -0.2) is 0 Å². The van der Waals surface area contributed by atoms with E-state index in [0.29, 0.717) is 5.56 Å². The first-order valence-corrected chi connectivity index (χ1v) is 3.97. The average molecular weight is 163 g/mol. The number of aromatic nitrogens is 1. The van der Waals surface area contributed by atoms with Gasteiger partial charge in [0.05, 0.1) is 4.70 Å². The maximum atomic E-state index is 10.4. The summed E-state index contributed by atoms with van der Waals surface area (Å²) in [5, 5.41) is 1.04. The number of carbonyl (C=O) groups is 1. The SMILES string of the molecule is O=Cc1ccc2sncc2c1. The van der Waals surface area contributed by atoms with Gasteiger partial charge in [0.25, 0.3) is 0 Å². The van der Waals surface area contributed by atoms with Gasteiger partial charge in [0, 0.05) is 17.1 Å². The molecule has 0 aliphatic rings. The van der Waals surface area contributed by atoms with Crippen LogP contribution < -0.4 is 0 Å². The van der Waals surface area contributed by atoms with E-state index in [1.54, 1.807) is 12.3 Å². The van der Waals surface area contributed by atoms with Crippen LogP contribution in [0, 0.1) is 0 Å². The highest BCUT2D eigenvalue weighted by Crippen LogP contribution is 2.18. The molecule has 0 saturated heterocycles. The Morgan fingerprint density at radius 3 is 3.18 bits per heavy atom. The molecular weight excluding hydrogens is 158 g/mol. The summed E-state index contributed by atoms with van der Waals surface area (Å²) in [5.74, 6) is 0. The summed E-state index contributed by atoms with van der Waals surface area (Å²) in [4.78, 5) is 10.4. The van der Waals surface area contributed by atoms with Crippen LogP contribution in [-0.4, -0.2) is 10.7 Å². The van der Waals surface area contributed by atoms with Crippen molar-refractivity contribution in [3.05, 3.63) is 30.0 Å². The smallest absolute Gasteiger partial charge is 0.150 e. The summed E-state index contributed by atoms with van der Waals surface area (Å²) in [6, 6.07) is 5.55. The summed E-state index contributed by atoms with van der Waals surface area (Å²) < 4.78 is 5.12. The number of carbonyl (C=O) groups excluding carboxylic acids is 1. The molecule has 3 heteroatoms. The van der Waals surface area contributed by atoms with E-state index >= 15 is 0 Å². The summed E-state index contributed by atoms with van der Waals surface area (Å²) in [7, 11) is 0. The van der Waals surface area contributed by atoms with E-state index < -0.39 is 0 Å². The largest absolute Gasteiger partial charge is 0.298 e. The first-order valence-electron chi connectivity index (χ1n) is 3.20. The molecule has 2 aromatic rings. The minimum absolute atomic E-state index is 0.706. The molecule has 0 atom stereocenters. The van der Waals surface area contributed by atoms with Gasteiger partial charge < -0.3 is 0 Å². The lowest BCUT2D eigenvalue weighted by atomic mass is 10.2. The van der Waals surface area contributed by atoms with Crippen LogP contribution in [0.4, 0.5) is 0 Å². The van der Waals surface area contributed by atoms with E-state index in [9.17, 15) is 4.79 Å². The minimum atomic E-state index is 0.706. The molecule has 0 fully saturated rings. The molecular formula is C8H5NOS. The summed E-state index contributed by atoms with van der Waals surface area (Å²) >= 11 is 1.44. The molecule has 0 radical (unpaired) electrons. The lowest BCUT2D eigenvalue weighted by Crippen LogP contribution is -1.75. The lowest BCUT2D eigenvalue weighted by Gasteiger charge is -1.88. The van der Waals surface area contributed by atoms with E-state index in [2.05, 4.69) is 4.37 Å². The maximum Gasteiger partial charge on any atom is 0.150 e. The zero-order valence-corrected chi connectivity index (χ0v) is 6.47. The standard InChI is InChI=1S/C8H5NOS/c10-5-6-1-2-8-7(3-6)4-9-11-8/h1-5H. The number of hydrogen-bond acceptors (Lipinski definition) is 3. The van der Waals surface area contributed by atoms with Crippen LogP contribution >= 0.6 is 11.5 Å². The fourth-order valence-electron chi connectivity index (χ4n) is 0.964. The predicted octanol–water partition coefficient (Wildman–Crippen LogP) is 2.11. The zero-order chi connectivity index (χ0) is 7.68. The van der Waals surface area contributed by atoms with Crippen LogP contribution in [0.3, 0.4) is 0 Å². The highest BCUT2D eigenvalue weighted by molar-refractivity contribution is 7.13. The number of rotatable bonds is 1. The van der Waals surface area contributed by atoms with Gasteiger partial charge in [-0.2, -0.15) is 4.37 Å². The molecule has 0 aliphatic heterocycles. The van der Waals surface area contributed by atoms with Crippen molar-refractivity contribution in [2.24, 2.45) is 0 Å². The third kappa shape index (κ3) is 1.03. The van der Waals surface area contributed by atoms with E-state index in [1.807, 2.05) is 12.1 Å². The Kier molecular flexibility index (Phi) is 1.43. The molecule has 1 aromatic heterocycles. The molecule has 11 heavy (non-hydrogen) atoms. The summed E-state index contributed by atoms with van der Waals surface area (Å²) in [5.41, 5.74) is 0.706. The zero-order valence-electron chi connectivity index (χ0n) is 5.65. The summed E-state index contributed by atoms with van der Waals surface area (Å²) in [6.45, 7) is 0. The minimum Gasteiger partial charge on any atom is -0.298 e. The highest BCUT2D eigenvalue weighted by atomic mass is 32.1. The third-order valence-electron chi connectivity index (χ3n) is 1.51. The van der Waals surface area contributed by atoms with Crippen LogP contribution in [0.25, 0.3) is 10.1 Å². The van der Waals surface area contributed by atoms with Crippen molar-refractivity contribution in [2.75, 3.05) is 0 Å².